The third-order valence-corrected chi connectivity index (χ3v) is 5.19. The van der Waals surface area contributed by atoms with Gasteiger partial charge in [-0.05, 0) is 37.3 Å². The van der Waals surface area contributed by atoms with Crippen molar-refractivity contribution in [3.05, 3.63) is 47.6 Å². The average Bonchev–Trinajstić information content (AvgIpc) is 3.15. The van der Waals surface area contributed by atoms with Crippen LogP contribution in [-0.2, 0) is 0 Å². The summed E-state index contributed by atoms with van der Waals surface area (Å²) >= 11 is 0. The summed E-state index contributed by atoms with van der Waals surface area (Å²) in [5.74, 6) is 1.02. The molecule has 0 N–H and O–H groups in total. The van der Waals surface area contributed by atoms with E-state index in [9.17, 15) is 4.79 Å². The van der Waals surface area contributed by atoms with Gasteiger partial charge in [-0.1, -0.05) is 13.8 Å². The number of hydrogen-bond acceptors (Lipinski definition) is 6. The maximum absolute atomic E-state index is 13.0. The Morgan fingerprint density at radius 1 is 1.19 bits per heavy atom. The van der Waals surface area contributed by atoms with E-state index in [0.29, 0.717) is 30.5 Å². The van der Waals surface area contributed by atoms with E-state index in [1.165, 1.54) is 6.33 Å². The van der Waals surface area contributed by atoms with Gasteiger partial charge in [-0.15, -0.1) is 0 Å². The van der Waals surface area contributed by atoms with Crippen molar-refractivity contribution in [2.75, 3.05) is 13.1 Å². The highest BCUT2D eigenvalue weighted by Gasteiger charge is 2.27. The van der Waals surface area contributed by atoms with Crippen LogP contribution in [0.4, 0.5) is 0 Å². The predicted octanol–water partition coefficient (Wildman–Crippen LogP) is 2.37. The maximum atomic E-state index is 13.0. The van der Waals surface area contributed by atoms with Crippen LogP contribution in [-0.4, -0.2) is 53.4 Å². The normalized spacial score (nSPS) is 15.6. The molecule has 1 saturated heterocycles. The number of fused-ring (bicyclic) bond motifs is 1. The van der Waals surface area contributed by atoms with Crippen molar-refractivity contribution in [3.8, 4) is 0 Å². The molecule has 1 aliphatic rings. The predicted molar refractivity (Wildman–Crippen MR) is 99.5 cm³/mol. The van der Waals surface area contributed by atoms with Gasteiger partial charge in [0.25, 0.3) is 11.7 Å². The van der Waals surface area contributed by atoms with Crippen LogP contribution in [0.3, 0.4) is 0 Å². The molecule has 0 saturated carbocycles. The van der Waals surface area contributed by atoms with Crippen molar-refractivity contribution in [2.24, 2.45) is 0 Å². The average molecular weight is 365 g/mol. The summed E-state index contributed by atoms with van der Waals surface area (Å²) in [6.45, 7) is 7.57. The van der Waals surface area contributed by atoms with Gasteiger partial charge in [0.1, 0.15) is 18.3 Å². The molecule has 1 amide bonds. The molecule has 4 heterocycles. The van der Waals surface area contributed by atoms with Gasteiger partial charge in [0.15, 0.2) is 0 Å². The SMILES string of the molecule is Cc1cncnc1C1CCN(C(=O)c2cc(C(C)C)n3ncnc3n2)CC1. The number of rotatable bonds is 3. The fraction of sp³-hybridized carbons (Fsp3) is 0.474. The van der Waals surface area contributed by atoms with Crippen LogP contribution < -0.4 is 0 Å². The number of amides is 1. The zero-order valence-electron chi connectivity index (χ0n) is 15.8. The Morgan fingerprint density at radius 3 is 2.67 bits per heavy atom. The molecule has 3 aromatic rings. The van der Waals surface area contributed by atoms with Gasteiger partial charge in [0, 0.05) is 30.9 Å². The molecular weight excluding hydrogens is 342 g/mol. The van der Waals surface area contributed by atoms with Crippen molar-refractivity contribution >= 4 is 11.7 Å². The number of aromatic nitrogens is 6. The van der Waals surface area contributed by atoms with Gasteiger partial charge in [0.2, 0.25) is 0 Å². The lowest BCUT2D eigenvalue weighted by Gasteiger charge is -2.32. The van der Waals surface area contributed by atoms with E-state index in [-0.39, 0.29) is 11.8 Å². The minimum absolute atomic E-state index is 0.0414. The molecular formula is C19H23N7O. The molecule has 1 fully saturated rings. The minimum atomic E-state index is -0.0414. The Kier molecular flexibility index (Phi) is 4.55. The standard InChI is InChI=1S/C19H23N7O/c1-12(2)16-8-15(24-19-22-11-23-26(16)19)18(27)25-6-4-14(5-7-25)17-13(3)9-20-10-21-17/h8-12,14H,4-7H2,1-3H3. The first kappa shape index (κ1) is 17.5. The number of piperidine rings is 1. The van der Waals surface area contributed by atoms with Crippen LogP contribution in [0.2, 0.25) is 0 Å². The molecule has 0 bridgehead atoms. The number of aryl methyl sites for hydroxylation is 1. The van der Waals surface area contributed by atoms with E-state index in [2.05, 4.69) is 38.9 Å². The molecule has 1 aliphatic heterocycles. The highest BCUT2D eigenvalue weighted by molar-refractivity contribution is 5.93. The molecule has 0 spiro atoms. The molecule has 4 rings (SSSR count). The molecule has 8 heteroatoms. The molecule has 8 nitrogen and oxygen atoms in total. The molecule has 0 atom stereocenters. The summed E-state index contributed by atoms with van der Waals surface area (Å²) in [6.07, 6.45) is 6.72. The fourth-order valence-electron chi connectivity index (χ4n) is 3.71. The van der Waals surface area contributed by atoms with Crippen molar-refractivity contribution in [1.29, 1.82) is 0 Å². The summed E-state index contributed by atoms with van der Waals surface area (Å²) in [6, 6.07) is 1.84. The number of carbonyl (C=O) groups excluding carboxylic acids is 1. The summed E-state index contributed by atoms with van der Waals surface area (Å²) in [5.41, 5.74) is 3.59. The van der Waals surface area contributed by atoms with Gasteiger partial charge in [0.05, 0.1) is 5.69 Å². The third-order valence-electron chi connectivity index (χ3n) is 5.19. The van der Waals surface area contributed by atoms with Crippen LogP contribution in [0.5, 0.6) is 0 Å². The monoisotopic (exact) mass is 365 g/mol. The van der Waals surface area contributed by atoms with Crippen molar-refractivity contribution in [2.45, 2.75) is 45.4 Å². The molecule has 27 heavy (non-hydrogen) atoms. The highest BCUT2D eigenvalue weighted by atomic mass is 16.2. The van der Waals surface area contributed by atoms with Gasteiger partial charge in [-0.2, -0.15) is 10.1 Å². The van der Waals surface area contributed by atoms with Crippen molar-refractivity contribution < 1.29 is 4.79 Å². The summed E-state index contributed by atoms with van der Waals surface area (Å²) in [4.78, 5) is 32.0. The van der Waals surface area contributed by atoms with Gasteiger partial charge >= 0.3 is 0 Å². The van der Waals surface area contributed by atoms with E-state index in [4.69, 9.17) is 0 Å². The van der Waals surface area contributed by atoms with E-state index in [1.807, 2.05) is 24.1 Å². The second-order valence-corrected chi connectivity index (χ2v) is 7.35. The third kappa shape index (κ3) is 3.27. The Bertz CT molecular complexity index is 973. The van der Waals surface area contributed by atoms with Crippen LogP contribution in [0.1, 0.15) is 66.0 Å². The van der Waals surface area contributed by atoms with E-state index in [1.54, 1.807) is 10.8 Å². The fourth-order valence-corrected chi connectivity index (χ4v) is 3.71. The topological polar surface area (TPSA) is 89.2 Å². The van der Waals surface area contributed by atoms with E-state index < -0.39 is 0 Å². The van der Waals surface area contributed by atoms with Crippen LogP contribution in [0.15, 0.2) is 24.9 Å². The number of nitrogens with zero attached hydrogens (tertiary/aromatic N) is 7. The van der Waals surface area contributed by atoms with Crippen LogP contribution in [0.25, 0.3) is 5.78 Å². The lowest BCUT2D eigenvalue weighted by atomic mass is 9.91. The van der Waals surface area contributed by atoms with E-state index in [0.717, 1.165) is 29.8 Å². The number of likely N-dealkylation sites (tertiary alicyclic amines) is 1. The lowest BCUT2D eigenvalue weighted by Crippen LogP contribution is -2.38. The molecule has 0 unspecified atom stereocenters. The van der Waals surface area contributed by atoms with Crippen molar-refractivity contribution in [1.82, 2.24) is 34.4 Å². The first-order valence-electron chi connectivity index (χ1n) is 9.31. The van der Waals surface area contributed by atoms with Crippen molar-refractivity contribution in [3.63, 3.8) is 0 Å². The number of carbonyl (C=O) groups is 1. The molecule has 140 valence electrons. The molecule has 0 aromatic carbocycles. The smallest absolute Gasteiger partial charge is 0.272 e. The largest absolute Gasteiger partial charge is 0.337 e. The second-order valence-electron chi connectivity index (χ2n) is 7.35. The Labute approximate surface area is 157 Å². The zero-order chi connectivity index (χ0) is 19.0. The second kappa shape index (κ2) is 7.02. The van der Waals surface area contributed by atoms with Gasteiger partial charge in [-0.25, -0.2) is 19.5 Å². The first-order valence-corrected chi connectivity index (χ1v) is 9.31. The molecule has 3 aromatic heterocycles. The summed E-state index contributed by atoms with van der Waals surface area (Å²) in [5, 5.41) is 4.21. The van der Waals surface area contributed by atoms with Crippen LogP contribution in [0, 0.1) is 6.92 Å². The summed E-state index contributed by atoms with van der Waals surface area (Å²) < 4.78 is 1.70. The number of hydrogen-bond donors (Lipinski definition) is 0. The Morgan fingerprint density at radius 2 is 1.96 bits per heavy atom. The first-order chi connectivity index (χ1) is 13.0. The zero-order valence-corrected chi connectivity index (χ0v) is 15.8. The van der Waals surface area contributed by atoms with E-state index >= 15 is 0 Å². The quantitative estimate of drug-likeness (QED) is 0.708. The van der Waals surface area contributed by atoms with Crippen LogP contribution >= 0.6 is 0 Å². The Hall–Kier alpha value is -2.90. The lowest BCUT2D eigenvalue weighted by molar-refractivity contribution is 0.0706. The molecule has 0 radical (unpaired) electrons. The Balaban J connectivity index is 1.53. The molecule has 0 aliphatic carbocycles. The summed E-state index contributed by atoms with van der Waals surface area (Å²) in [7, 11) is 0. The maximum Gasteiger partial charge on any atom is 0.272 e. The van der Waals surface area contributed by atoms with Gasteiger partial charge in [-0.3, -0.25) is 4.79 Å². The minimum Gasteiger partial charge on any atom is -0.337 e. The van der Waals surface area contributed by atoms with Gasteiger partial charge < -0.3 is 4.90 Å². The highest BCUT2D eigenvalue weighted by Crippen LogP contribution is 2.29.